The van der Waals surface area contributed by atoms with Crippen LogP contribution in [0.15, 0.2) is 41.6 Å². The number of benzene rings is 1. The summed E-state index contributed by atoms with van der Waals surface area (Å²) in [6.45, 7) is 2.44. The first-order chi connectivity index (χ1) is 13.8. The van der Waals surface area contributed by atoms with Crippen molar-refractivity contribution < 1.29 is 17.9 Å². The van der Waals surface area contributed by atoms with E-state index in [1.165, 1.54) is 6.26 Å². The molecule has 1 aliphatic rings. The van der Waals surface area contributed by atoms with E-state index < -0.39 is 9.84 Å². The monoisotopic (exact) mass is 417 g/mol. The Kier molecular flexibility index (Phi) is 6.84. The molecule has 1 amide bonds. The van der Waals surface area contributed by atoms with Gasteiger partial charge in [0.1, 0.15) is 6.10 Å². The maximum atomic E-state index is 12.5. The summed E-state index contributed by atoms with van der Waals surface area (Å²) in [5.41, 5.74) is 1.94. The fraction of sp³-hybridized carbons (Fsp3) is 0.476. The predicted molar refractivity (Wildman–Crippen MR) is 109 cm³/mol. The Balaban J connectivity index is 1.43. The molecule has 0 radical (unpaired) electrons. The van der Waals surface area contributed by atoms with Crippen molar-refractivity contribution in [2.45, 2.75) is 56.6 Å². The summed E-state index contributed by atoms with van der Waals surface area (Å²) < 4.78 is 28.8. The number of nitrogens with zero attached hydrogens (tertiary/aromatic N) is 2. The molecule has 1 aliphatic carbocycles. The van der Waals surface area contributed by atoms with Gasteiger partial charge in [-0.1, -0.05) is 19.1 Å². The Morgan fingerprint density at radius 3 is 2.24 bits per heavy atom. The first-order valence-corrected chi connectivity index (χ1v) is 11.8. The van der Waals surface area contributed by atoms with E-state index in [4.69, 9.17) is 4.74 Å². The molecule has 1 saturated carbocycles. The van der Waals surface area contributed by atoms with Crippen LogP contribution in [-0.4, -0.2) is 36.7 Å². The van der Waals surface area contributed by atoms with Gasteiger partial charge in [0.25, 0.3) is 0 Å². The minimum absolute atomic E-state index is 0.0270. The summed E-state index contributed by atoms with van der Waals surface area (Å²) in [6, 6.07) is 6.98. The Hall–Kier alpha value is -2.48. The number of amides is 1. The third-order valence-electron chi connectivity index (χ3n) is 5.23. The van der Waals surface area contributed by atoms with Gasteiger partial charge in [-0.05, 0) is 55.4 Å². The third-order valence-corrected chi connectivity index (χ3v) is 6.35. The maximum Gasteiger partial charge on any atom is 0.316 e. The average Bonchev–Trinajstić information content (AvgIpc) is 2.73. The van der Waals surface area contributed by atoms with Crippen LogP contribution < -0.4 is 10.1 Å². The summed E-state index contributed by atoms with van der Waals surface area (Å²) in [5.74, 6) is -0.00674. The molecule has 0 saturated heterocycles. The molecule has 1 heterocycles. The third kappa shape index (κ3) is 6.00. The van der Waals surface area contributed by atoms with Gasteiger partial charge in [0, 0.05) is 31.1 Å². The van der Waals surface area contributed by atoms with Gasteiger partial charge < -0.3 is 10.1 Å². The highest BCUT2D eigenvalue weighted by Gasteiger charge is 2.27. The molecule has 8 heteroatoms. The van der Waals surface area contributed by atoms with Crippen LogP contribution in [0, 0.1) is 5.92 Å². The molecular formula is C21H27N3O4S. The van der Waals surface area contributed by atoms with E-state index in [0.717, 1.165) is 43.2 Å². The number of hydrogen-bond acceptors (Lipinski definition) is 6. The second-order valence-electron chi connectivity index (χ2n) is 7.45. The van der Waals surface area contributed by atoms with Crippen molar-refractivity contribution in [1.29, 1.82) is 0 Å². The average molecular weight is 418 g/mol. The molecule has 0 bridgehead atoms. The van der Waals surface area contributed by atoms with Crippen LogP contribution in [-0.2, 0) is 27.6 Å². The quantitative estimate of drug-likeness (QED) is 0.744. The molecule has 0 atom stereocenters. The number of rotatable bonds is 7. The van der Waals surface area contributed by atoms with Gasteiger partial charge in [0.2, 0.25) is 5.91 Å². The number of aryl methyl sites for hydroxylation is 1. The highest BCUT2D eigenvalue weighted by atomic mass is 32.2. The van der Waals surface area contributed by atoms with Gasteiger partial charge in [0.05, 0.1) is 4.90 Å². The Labute approximate surface area is 171 Å². The lowest BCUT2D eigenvalue weighted by molar-refractivity contribution is -0.126. The van der Waals surface area contributed by atoms with Crippen LogP contribution in [0.3, 0.4) is 0 Å². The highest BCUT2D eigenvalue weighted by molar-refractivity contribution is 7.90. The van der Waals surface area contributed by atoms with Gasteiger partial charge in [-0.25, -0.2) is 18.4 Å². The molecule has 3 rings (SSSR count). The smallest absolute Gasteiger partial charge is 0.316 e. The molecule has 1 fully saturated rings. The summed E-state index contributed by atoms with van der Waals surface area (Å²) in [5, 5.41) is 2.95. The van der Waals surface area contributed by atoms with Crippen molar-refractivity contribution in [1.82, 2.24) is 15.3 Å². The van der Waals surface area contributed by atoms with Gasteiger partial charge >= 0.3 is 6.01 Å². The fourth-order valence-corrected chi connectivity index (χ4v) is 4.00. The topological polar surface area (TPSA) is 98.2 Å². The minimum Gasteiger partial charge on any atom is -0.460 e. The van der Waals surface area contributed by atoms with E-state index in [1.807, 2.05) is 0 Å². The van der Waals surface area contributed by atoms with Gasteiger partial charge in [-0.3, -0.25) is 4.79 Å². The van der Waals surface area contributed by atoms with E-state index in [-0.39, 0.29) is 22.8 Å². The van der Waals surface area contributed by atoms with E-state index in [2.05, 4.69) is 22.2 Å². The van der Waals surface area contributed by atoms with Crippen LogP contribution in [0.4, 0.5) is 0 Å². The van der Waals surface area contributed by atoms with Crippen LogP contribution in [0.5, 0.6) is 6.01 Å². The molecular weight excluding hydrogens is 390 g/mol. The molecule has 7 nitrogen and oxygen atoms in total. The summed E-state index contributed by atoms with van der Waals surface area (Å²) >= 11 is 0. The lowest BCUT2D eigenvalue weighted by Crippen LogP contribution is -2.35. The first-order valence-electron chi connectivity index (χ1n) is 9.89. The molecule has 0 spiro atoms. The molecule has 1 N–H and O–H groups in total. The molecule has 1 aromatic heterocycles. The van der Waals surface area contributed by atoms with Crippen LogP contribution in [0.25, 0.3) is 0 Å². The Bertz CT molecular complexity index is 919. The van der Waals surface area contributed by atoms with E-state index >= 15 is 0 Å². The predicted octanol–water partition coefficient (Wildman–Crippen LogP) is 2.70. The highest BCUT2D eigenvalue weighted by Crippen LogP contribution is 2.27. The van der Waals surface area contributed by atoms with E-state index in [0.29, 0.717) is 12.6 Å². The van der Waals surface area contributed by atoms with Gasteiger partial charge in [-0.15, -0.1) is 0 Å². The number of carbonyl (C=O) groups is 1. The summed E-state index contributed by atoms with van der Waals surface area (Å²) in [6.07, 6.45) is 8.77. The molecule has 0 aliphatic heterocycles. The number of sulfone groups is 1. The Morgan fingerprint density at radius 1 is 1.07 bits per heavy atom. The Morgan fingerprint density at radius 2 is 1.69 bits per heavy atom. The zero-order chi connectivity index (χ0) is 20.9. The first kappa shape index (κ1) is 21.2. The lowest BCUT2D eigenvalue weighted by atomic mass is 9.87. The zero-order valence-electron chi connectivity index (χ0n) is 16.8. The van der Waals surface area contributed by atoms with Crippen molar-refractivity contribution in [3.8, 4) is 6.01 Å². The molecule has 29 heavy (non-hydrogen) atoms. The normalized spacial score (nSPS) is 19.5. The maximum absolute atomic E-state index is 12.5. The van der Waals surface area contributed by atoms with Crippen molar-refractivity contribution in [3.05, 3.63) is 47.8 Å². The standard InChI is InChI=1S/C21H27N3O4S/c1-3-15-12-23-21(24-13-15)28-18-8-6-17(7-9-18)20(25)22-14-16-4-10-19(11-5-16)29(2,26)27/h4-5,10-13,17-18H,3,6-9,14H2,1-2H3,(H,22,25). The number of hydrogen-bond donors (Lipinski definition) is 1. The minimum atomic E-state index is -3.21. The van der Waals surface area contributed by atoms with Crippen molar-refractivity contribution >= 4 is 15.7 Å². The number of ether oxygens (including phenoxy) is 1. The van der Waals surface area contributed by atoms with Crippen LogP contribution >= 0.6 is 0 Å². The van der Waals surface area contributed by atoms with Gasteiger partial charge in [-0.2, -0.15) is 0 Å². The van der Waals surface area contributed by atoms with Crippen molar-refractivity contribution in [2.24, 2.45) is 5.92 Å². The molecule has 2 aromatic rings. The molecule has 156 valence electrons. The second-order valence-corrected chi connectivity index (χ2v) is 9.47. The van der Waals surface area contributed by atoms with Crippen LogP contribution in [0.1, 0.15) is 43.7 Å². The van der Waals surface area contributed by atoms with Crippen LogP contribution in [0.2, 0.25) is 0 Å². The largest absolute Gasteiger partial charge is 0.460 e. The van der Waals surface area contributed by atoms with E-state index in [1.54, 1.807) is 36.7 Å². The van der Waals surface area contributed by atoms with Gasteiger partial charge in [0.15, 0.2) is 9.84 Å². The molecule has 0 unspecified atom stereocenters. The summed E-state index contributed by atoms with van der Waals surface area (Å²) in [4.78, 5) is 21.2. The SMILES string of the molecule is CCc1cnc(OC2CCC(C(=O)NCc3ccc(S(C)(=O)=O)cc3)CC2)nc1. The number of carbonyl (C=O) groups excluding carboxylic acids is 1. The van der Waals surface area contributed by atoms with Crippen molar-refractivity contribution in [2.75, 3.05) is 6.26 Å². The lowest BCUT2D eigenvalue weighted by Gasteiger charge is -2.27. The number of nitrogens with one attached hydrogen (secondary N) is 1. The zero-order valence-corrected chi connectivity index (χ0v) is 17.6. The number of aromatic nitrogens is 2. The van der Waals surface area contributed by atoms with Crippen molar-refractivity contribution in [3.63, 3.8) is 0 Å². The second kappa shape index (κ2) is 9.35. The fourth-order valence-electron chi connectivity index (χ4n) is 3.37. The van der Waals surface area contributed by atoms with E-state index in [9.17, 15) is 13.2 Å². The summed E-state index contributed by atoms with van der Waals surface area (Å²) in [7, 11) is -3.21. The molecule has 1 aromatic carbocycles.